The van der Waals surface area contributed by atoms with Gasteiger partial charge in [-0.2, -0.15) is 0 Å². The molecular formula is C14H19BrFNO2. The number of aliphatic hydroxyl groups is 1. The highest BCUT2D eigenvalue weighted by Gasteiger charge is 2.26. The van der Waals surface area contributed by atoms with Crippen molar-refractivity contribution in [1.82, 2.24) is 5.32 Å². The Morgan fingerprint density at radius 1 is 1.42 bits per heavy atom. The van der Waals surface area contributed by atoms with E-state index in [9.17, 15) is 9.18 Å². The topological polar surface area (TPSA) is 49.3 Å². The third-order valence-electron chi connectivity index (χ3n) is 2.89. The van der Waals surface area contributed by atoms with Crippen LogP contribution in [0.3, 0.4) is 0 Å². The average Bonchev–Trinajstić information content (AvgIpc) is 2.25. The molecule has 19 heavy (non-hydrogen) atoms. The minimum atomic E-state index is -0.464. The van der Waals surface area contributed by atoms with Crippen molar-refractivity contribution in [2.24, 2.45) is 5.41 Å². The van der Waals surface area contributed by atoms with Gasteiger partial charge in [-0.05, 0) is 30.0 Å². The molecule has 5 heteroatoms. The van der Waals surface area contributed by atoms with E-state index >= 15 is 0 Å². The summed E-state index contributed by atoms with van der Waals surface area (Å²) in [6.07, 6.45) is 0.464. The summed E-state index contributed by atoms with van der Waals surface area (Å²) in [6, 6.07) is 3.88. The molecule has 0 spiro atoms. The molecule has 1 amide bonds. The lowest BCUT2D eigenvalue weighted by Crippen LogP contribution is -2.44. The molecule has 0 aliphatic carbocycles. The van der Waals surface area contributed by atoms with E-state index in [1.54, 1.807) is 6.07 Å². The Labute approximate surface area is 121 Å². The normalized spacial score (nSPS) is 13.2. The molecular weight excluding hydrogens is 313 g/mol. The molecule has 1 aromatic carbocycles. The van der Waals surface area contributed by atoms with Gasteiger partial charge in [-0.25, -0.2) is 4.39 Å². The number of hydrogen-bond donors (Lipinski definition) is 2. The van der Waals surface area contributed by atoms with Gasteiger partial charge in [0.15, 0.2) is 0 Å². The summed E-state index contributed by atoms with van der Waals surface area (Å²) in [5.74, 6) is -0.803. The summed E-state index contributed by atoms with van der Waals surface area (Å²) >= 11 is 3.16. The zero-order valence-electron chi connectivity index (χ0n) is 11.3. The van der Waals surface area contributed by atoms with E-state index < -0.39 is 5.82 Å². The van der Waals surface area contributed by atoms with Crippen molar-refractivity contribution in [2.45, 2.75) is 33.2 Å². The molecule has 0 radical (unpaired) electrons. The Hall–Kier alpha value is -0.940. The number of halogens is 2. The van der Waals surface area contributed by atoms with Crippen LogP contribution in [0.1, 0.15) is 37.6 Å². The molecule has 106 valence electrons. The van der Waals surface area contributed by atoms with Gasteiger partial charge in [0.25, 0.3) is 5.91 Å². The highest BCUT2D eigenvalue weighted by molar-refractivity contribution is 9.10. The summed E-state index contributed by atoms with van der Waals surface area (Å²) in [6.45, 7) is 5.94. The van der Waals surface area contributed by atoms with Gasteiger partial charge in [-0.1, -0.05) is 36.7 Å². The molecule has 1 aromatic rings. The summed E-state index contributed by atoms with van der Waals surface area (Å²) in [4.78, 5) is 12.1. The molecule has 1 atom stereocenters. The zero-order chi connectivity index (χ0) is 14.6. The Kier molecular flexibility index (Phi) is 5.50. The number of amides is 1. The minimum Gasteiger partial charge on any atom is -0.396 e. The van der Waals surface area contributed by atoms with Crippen molar-refractivity contribution in [3.63, 3.8) is 0 Å². The van der Waals surface area contributed by atoms with E-state index in [-0.39, 0.29) is 29.5 Å². The quantitative estimate of drug-likeness (QED) is 0.890. The van der Waals surface area contributed by atoms with Crippen LogP contribution in [0.5, 0.6) is 0 Å². The van der Waals surface area contributed by atoms with E-state index in [0.717, 1.165) is 0 Å². The van der Waals surface area contributed by atoms with Gasteiger partial charge >= 0.3 is 0 Å². The van der Waals surface area contributed by atoms with E-state index in [4.69, 9.17) is 5.11 Å². The monoisotopic (exact) mass is 331 g/mol. The highest BCUT2D eigenvalue weighted by atomic mass is 79.9. The first-order valence-corrected chi connectivity index (χ1v) is 6.91. The van der Waals surface area contributed by atoms with Gasteiger partial charge in [-0.15, -0.1) is 0 Å². The molecule has 0 heterocycles. The second kappa shape index (κ2) is 6.48. The van der Waals surface area contributed by atoms with Gasteiger partial charge in [-0.3, -0.25) is 4.79 Å². The fourth-order valence-electron chi connectivity index (χ4n) is 1.78. The first-order valence-electron chi connectivity index (χ1n) is 6.12. The van der Waals surface area contributed by atoms with Crippen molar-refractivity contribution >= 4 is 21.8 Å². The molecule has 1 unspecified atom stereocenters. The van der Waals surface area contributed by atoms with Gasteiger partial charge in [0.05, 0.1) is 0 Å². The number of carbonyl (C=O) groups is 1. The average molecular weight is 332 g/mol. The first-order chi connectivity index (χ1) is 8.74. The molecule has 1 rings (SSSR count). The molecule has 0 fully saturated rings. The van der Waals surface area contributed by atoms with E-state index in [1.165, 1.54) is 12.1 Å². The molecule has 0 saturated carbocycles. The molecule has 0 aromatic heterocycles. The van der Waals surface area contributed by atoms with Crippen LogP contribution in [0, 0.1) is 11.2 Å². The lowest BCUT2D eigenvalue weighted by Gasteiger charge is -2.31. The molecule has 0 aliphatic rings. The van der Waals surface area contributed by atoms with Crippen molar-refractivity contribution < 1.29 is 14.3 Å². The van der Waals surface area contributed by atoms with Crippen LogP contribution in [0.15, 0.2) is 22.7 Å². The zero-order valence-corrected chi connectivity index (χ0v) is 12.9. The van der Waals surface area contributed by atoms with E-state index in [2.05, 4.69) is 21.2 Å². The molecule has 0 bridgehead atoms. The number of aliphatic hydroxyl groups excluding tert-OH is 1. The van der Waals surface area contributed by atoms with Crippen molar-refractivity contribution in [3.05, 3.63) is 34.1 Å². The largest absolute Gasteiger partial charge is 0.396 e. The van der Waals surface area contributed by atoms with Gasteiger partial charge in [0, 0.05) is 22.7 Å². The van der Waals surface area contributed by atoms with Crippen LogP contribution in [-0.4, -0.2) is 23.7 Å². The second-order valence-corrected chi connectivity index (χ2v) is 6.48. The van der Waals surface area contributed by atoms with E-state index in [1.807, 2.05) is 20.8 Å². The highest BCUT2D eigenvalue weighted by Crippen LogP contribution is 2.22. The lowest BCUT2D eigenvalue weighted by molar-refractivity contribution is 0.0884. The maximum absolute atomic E-state index is 13.3. The van der Waals surface area contributed by atoms with Crippen LogP contribution < -0.4 is 5.32 Å². The van der Waals surface area contributed by atoms with Crippen molar-refractivity contribution in [2.75, 3.05) is 6.61 Å². The fourth-order valence-corrected chi connectivity index (χ4v) is 2.24. The minimum absolute atomic E-state index is 0.00490. The van der Waals surface area contributed by atoms with Crippen LogP contribution in [-0.2, 0) is 0 Å². The van der Waals surface area contributed by atoms with Crippen LogP contribution in [0.2, 0.25) is 0 Å². The van der Waals surface area contributed by atoms with Crippen molar-refractivity contribution in [1.29, 1.82) is 0 Å². The SMILES string of the molecule is CC(C)(C)C(CCO)NC(=O)c1cc(F)cc(Br)c1. The summed E-state index contributed by atoms with van der Waals surface area (Å²) in [5.41, 5.74) is 0.0854. The van der Waals surface area contributed by atoms with Crippen LogP contribution in [0.25, 0.3) is 0 Å². The van der Waals surface area contributed by atoms with Crippen molar-refractivity contribution in [3.8, 4) is 0 Å². The van der Waals surface area contributed by atoms with Crippen LogP contribution >= 0.6 is 15.9 Å². The maximum atomic E-state index is 13.3. The fraction of sp³-hybridized carbons (Fsp3) is 0.500. The molecule has 3 nitrogen and oxygen atoms in total. The van der Waals surface area contributed by atoms with Crippen LogP contribution in [0.4, 0.5) is 4.39 Å². The van der Waals surface area contributed by atoms with E-state index in [0.29, 0.717) is 10.9 Å². The lowest BCUT2D eigenvalue weighted by atomic mass is 9.85. The standard InChI is InChI=1S/C14H19BrFNO2/c1-14(2,3)12(4-5-18)17-13(19)9-6-10(15)8-11(16)7-9/h6-8,12,18H,4-5H2,1-3H3,(H,17,19). The number of benzene rings is 1. The number of rotatable bonds is 4. The summed E-state index contributed by atoms with van der Waals surface area (Å²) in [7, 11) is 0. The first kappa shape index (κ1) is 16.1. The predicted octanol–water partition coefficient (Wildman–Crippen LogP) is 3.12. The van der Waals surface area contributed by atoms with Gasteiger partial charge < -0.3 is 10.4 Å². The summed E-state index contributed by atoms with van der Waals surface area (Å²) < 4.78 is 13.8. The Morgan fingerprint density at radius 3 is 2.53 bits per heavy atom. The maximum Gasteiger partial charge on any atom is 0.251 e. The number of nitrogens with one attached hydrogen (secondary N) is 1. The summed E-state index contributed by atoms with van der Waals surface area (Å²) in [5, 5.41) is 11.9. The smallest absolute Gasteiger partial charge is 0.251 e. The second-order valence-electron chi connectivity index (χ2n) is 5.56. The van der Waals surface area contributed by atoms with Gasteiger partial charge in [0.1, 0.15) is 5.82 Å². The predicted molar refractivity (Wildman–Crippen MR) is 76.5 cm³/mol. The Bertz CT molecular complexity index is 437. The molecule has 0 aliphatic heterocycles. The number of carbonyl (C=O) groups excluding carboxylic acids is 1. The Balaban J connectivity index is 2.87. The third kappa shape index (κ3) is 4.91. The molecule has 0 saturated heterocycles. The molecule has 2 N–H and O–H groups in total. The Morgan fingerprint density at radius 2 is 2.05 bits per heavy atom. The third-order valence-corrected chi connectivity index (χ3v) is 3.35. The van der Waals surface area contributed by atoms with Gasteiger partial charge in [0.2, 0.25) is 0 Å². The number of hydrogen-bond acceptors (Lipinski definition) is 2.